The second-order valence-electron chi connectivity index (χ2n) is 5.35. The second-order valence-corrected chi connectivity index (χ2v) is 5.69. The van der Waals surface area contributed by atoms with Crippen molar-refractivity contribution in [1.82, 2.24) is 14.8 Å². The van der Waals surface area contributed by atoms with Gasteiger partial charge >= 0.3 is 0 Å². The third-order valence-corrected chi connectivity index (χ3v) is 4.06. The molecular formula is C11H16ClN3. The molecule has 2 aliphatic carbocycles. The van der Waals surface area contributed by atoms with Gasteiger partial charge in [0.1, 0.15) is 5.82 Å². The van der Waals surface area contributed by atoms with Gasteiger partial charge in [0.05, 0.1) is 0 Å². The number of hydrogen-bond acceptors (Lipinski definition) is 2. The fraction of sp³-hybridized carbons (Fsp3) is 0.818. The highest BCUT2D eigenvalue weighted by atomic mass is 35.5. The van der Waals surface area contributed by atoms with Crippen LogP contribution in [0.3, 0.4) is 0 Å². The first-order chi connectivity index (χ1) is 7.18. The van der Waals surface area contributed by atoms with Crippen LogP contribution >= 0.6 is 11.6 Å². The van der Waals surface area contributed by atoms with E-state index in [0.717, 1.165) is 12.4 Å². The Morgan fingerprint density at radius 1 is 1.40 bits per heavy atom. The van der Waals surface area contributed by atoms with Crippen LogP contribution in [0, 0.1) is 5.41 Å². The highest BCUT2D eigenvalue weighted by Crippen LogP contribution is 2.45. The summed E-state index contributed by atoms with van der Waals surface area (Å²) in [6.45, 7) is 3.34. The summed E-state index contributed by atoms with van der Waals surface area (Å²) >= 11 is 6.09. The van der Waals surface area contributed by atoms with E-state index in [2.05, 4.69) is 21.7 Å². The zero-order chi connectivity index (χ0) is 10.5. The van der Waals surface area contributed by atoms with Crippen molar-refractivity contribution < 1.29 is 0 Å². The maximum absolute atomic E-state index is 6.09. The van der Waals surface area contributed by atoms with Crippen molar-refractivity contribution >= 4 is 11.6 Å². The van der Waals surface area contributed by atoms with Crippen LogP contribution in [0.1, 0.15) is 50.8 Å². The Kier molecular flexibility index (Phi) is 2.06. The summed E-state index contributed by atoms with van der Waals surface area (Å²) in [5, 5.41) is 8.77. The molecule has 0 aromatic carbocycles. The molecular weight excluding hydrogens is 210 g/mol. The lowest BCUT2D eigenvalue weighted by atomic mass is 9.70. The van der Waals surface area contributed by atoms with Crippen LogP contribution in [-0.4, -0.2) is 14.8 Å². The Balaban J connectivity index is 1.85. The molecule has 3 nitrogen and oxygen atoms in total. The second kappa shape index (κ2) is 3.21. The van der Waals surface area contributed by atoms with Gasteiger partial charge in [0, 0.05) is 12.5 Å². The van der Waals surface area contributed by atoms with Crippen LogP contribution < -0.4 is 0 Å². The van der Waals surface area contributed by atoms with Gasteiger partial charge in [0.25, 0.3) is 0 Å². The summed E-state index contributed by atoms with van der Waals surface area (Å²) in [7, 11) is 0. The first-order valence-electron chi connectivity index (χ1n) is 5.77. The van der Waals surface area contributed by atoms with Gasteiger partial charge in [-0.15, -0.1) is 10.2 Å². The number of aromatic nitrogens is 3. The predicted octanol–water partition coefficient (Wildman–Crippen LogP) is 3.00. The largest absolute Gasteiger partial charge is 0.301 e. The van der Waals surface area contributed by atoms with E-state index < -0.39 is 0 Å². The van der Waals surface area contributed by atoms with Gasteiger partial charge in [-0.1, -0.05) is 13.3 Å². The molecule has 0 aliphatic heterocycles. The van der Waals surface area contributed by atoms with Crippen molar-refractivity contribution in [2.45, 2.75) is 51.5 Å². The molecule has 82 valence electrons. The molecule has 15 heavy (non-hydrogen) atoms. The van der Waals surface area contributed by atoms with Gasteiger partial charge in [-0.05, 0) is 42.7 Å². The minimum atomic E-state index is 0.440. The van der Waals surface area contributed by atoms with Crippen molar-refractivity contribution in [2.24, 2.45) is 5.41 Å². The Morgan fingerprint density at radius 3 is 2.67 bits per heavy atom. The van der Waals surface area contributed by atoms with Gasteiger partial charge in [0.15, 0.2) is 0 Å². The van der Waals surface area contributed by atoms with Gasteiger partial charge in [-0.3, -0.25) is 0 Å². The van der Waals surface area contributed by atoms with Crippen molar-refractivity contribution in [1.29, 1.82) is 0 Å². The molecule has 1 aromatic heterocycles. The van der Waals surface area contributed by atoms with E-state index in [9.17, 15) is 0 Å². The fourth-order valence-electron chi connectivity index (χ4n) is 2.40. The number of nitrogens with zero attached hydrogens (tertiary/aromatic N) is 3. The Hall–Kier alpha value is -0.570. The molecule has 0 radical (unpaired) electrons. The molecule has 4 heteroatoms. The van der Waals surface area contributed by atoms with E-state index >= 15 is 0 Å². The van der Waals surface area contributed by atoms with Crippen LogP contribution in [0.15, 0.2) is 0 Å². The molecule has 1 aromatic rings. The highest BCUT2D eigenvalue weighted by molar-refractivity contribution is 6.28. The molecule has 0 atom stereocenters. The first-order valence-corrected chi connectivity index (χ1v) is 6.14. The van der Waals surface area contributed by atoms with Crippen LogP contribution in [0.4, 0.5) is 0 Å². The first kappa shape index (κ1) is 9.64. The highest BCUT2D eigenvalue weighted by Gasteiger charge is 2.36. The third-order valence-electron chi connectivity index (χ3n) is 3.78. The van der Waals surface area contributed by atoms with Crippen molar-refractivity contribution in [3.05, 3.63) is 11.1 Å². The summed E-state index contributed by atoms with van der Waals surface area (Å²) in [5.41, 5.74) is 0.440. The molecule has 0 bridgehead atoms. The Labute approximate surface area is 94.8 Å². The predicted molar refractivity (Wildman–Crippen MR) is 59.0 cm³/mol. The maximum Gasteiger partial charge on any atom is 0.225 e. The normalized spacial score (nSPS) is 23.9. The van der Waals surface area contributed by atoms with E-state index in [-0.39, 0.29) is 0 Å². The molecule has 2 saturated carbocycles. The lowest BCUT2D eigenvalue weighted by Gasteiger charge is -2.38. The molecule has 2 fully saturated rings. The van der Waals surface area contributed by atoms with E-state index in [4.69, 9.17) is 11.6 Å². The van der Waals surface area contributed by atoms with Gasteiger partial charge in [-0.25, -0.2) is 0 Å². The topological polar surface area (TPSA) is 30.7 Å². The van der Waals surface area contributed by atoms with Gasteiger partial charge in [-0.2, -0.15) is 0 Å². The maximum atomic E-state index is 6.09. The molecule has 0 amide bonds. The molecule has 1 heterocycles. The van der Waals surface area contributed by atoms with E-state index in [1.807, 2.05) is 0 Å². The lowest BCUT2D eigenvalue weighted by Crippen LogP contribution is -2.31. The molecule has 0 saturated heterocycles. The van der Waals surface area contributed by atoms with Crippen LogP contribution in [-0.2, 0) is 6.54 Å². The fourth-order valence-corrected chi connectivity index (χ4v) is 2.59. The summed E-state index contributed by atoms with van der Waals surface area (Å²) in [4.78, 5) is 0. The summed E-state index contributed by atoms with van der Waals surface area (Å²) in [5.74, 6) is 1.75. The SMILES string of the molecule is CC1(Cn2c(Cl)nnc2C2CC2)CCC1. The van der Waals surface area contributed by atoms with Crippen LogP contribution in [0.2, 0.25) is 5.28 Å². The molecule has 3 rings (SSSR count). The third kappa shape index (κ3) is 1.67. The van der Waals surface area contributed by atoms with Gasteiger partial charge in [0.2, 0.25) is 5.28 Å². The summed E-state index contributed by atoms with van der Waals surface area (Å²) in [6, 6.07) is 0. The van der Waals surface area contributed by atoms with Crippen molar-refractivity contribution in [3.63, 3.8) is 0 Å². The summed E-state index contributed by atoms with van der Waals surface area (Å²) in [6.07, 6.45) is 6.49. The van der Waals surface area contributed by atoms with Crippen LogP contribution in [0.5, 0.6) is 0 Å². The monoisotopic (exact) mass is 225 g/mol. The smallest absolute Gasteiger partial charge is 0.225 e. The van der Waals surface area contributed by atoms with Crippen LogP contribution in [0.25, 0.3) is 0 Å². The van der Waals surface area contributed by atoms with Crippen molar-refractivity contribution in [2.75, 3.05) is 0 Å². The zero-order valence-corrected chi connectivity index (χ0v) is 9.80. The Bertz CT molecular complexity index is 377. The van der Waals surface area contributed by atoms with E-state index in [0.29, 0.717) is 16.6 Å². The lowest BCUT2D eigenvalue weighted by molar-refractivity contribution is 0.130. The molecule has 0 spiro atoms. The molecule has 2 aliphatic rings. The average Bonchev–Trinajstić information content (AvgIpc) is 2.93. The minimum absolute atomic E-state index is 0.440. The van der Waals surface area contributed by atoms with E-state index in [1.54, 1.807) is 0 Å². The van der Waals surface area contributed by atoms with Gasteiger partial charge < -0.3 is 4.57 Å². The minimum Gasteiger partial charge on any atom is -0.301 e. The average molecular weight is 226 g/mol. The standard InChI is InChI=1S/C11H16ClN3/c1-11(5-2-6-11)7-15-9(8-3-4-8)13-14-10(15)12/h8H,2-7H2,1H3. The molecule has 0 unspecified atom stereocenters. The van der Waals surface area contributed by atoms with E-state index in [1.165, 1.54) is 32.1 Å². The number of halogens is 1. The number of hydrogen-bond donors (Lipinski definition) is 0. The summed E-state index contributed by atoms with van der Waals surface area (Å²) < 4.78 is 2.14. The van der Waals surface area contributed by atoms with Crippen molar-refractivity contribution in [3.8, 4) is 0 Å². The number of rotatable bonds is 3. The Morgan fingerprint density at radius 2 is 2.13 bits per heavy atom. The quantitative estimate of drug-likeness (QED) is 0.792. The molecule has 0 N–H and O–H groups in total. The zero-order valence-electron chi connectivity index (χ0n) is 9.04.